The maximum atomic E-state index is 9.37. The summed E-state index contributed by atoms with van der Waals surface area (Å²) in [6, 6.07) is 5.08. The van der Waals surface area contributed by atoms with Gasteiger partial charge in [0, 0.05) is 12.3 Å². The number of anilines is 2. The van der Waals surface area contributed by atoms with Crippen molar-refractivity contribution in [2.75, 3.05) is 11.5 Å². The van der Waals surface area contributed by atoms with Gasteiger partial charge in [-0.05, 0) is 30.3 Å². The SMILES string of the molecule is C[C@H](O)c1ccc(Sc2nc(N)cc(N)n2)nc1. The van der Waals surface area contributed by atoms with E-state index in [1.807, 2.05) is 0 Å². The average molecular weight is 263 g/mol. The molecule has 0 radical (unpaired) electrons. The predicted molar refractivity (Wildman–Crippen MR) is 69.9 cm³/mol. The molecule has 0 unspecified atom stereocenters. The summed E-state index contributed by atoms with van der Waals surface area (Å²) in [5.74, 6) is 0.649. The van der Waals surface area contributed by atoms with E-state index >= 15 is 0 Å². The van der Waals surface area contributed by atoms with Crippen molar-refractivity contribution < 1.29 is 5.11 Å². The highest BCUT2D eigenvalue weighted by molar-refractivity contribution is 7.99. The van der Waals surface area contributed by atoms with E-state index in [1.54, 1.807) is 25.3 Å². The minimum absolute atomic E-state index is 0.325. The molecule has 0 saturated heterocycles. The largest absolute Gasteiger partial charge is 0.389 e. The van der Waals surface area contributed by atoms with Gasteiger partial charge in [-0.1, -0.05) is 6.07 Å². The normalized spacial score (nSPS) is 12.3. The second-order valence-electron chi connectivity index (χ2n) is 3.71. The summed E-state index contributed by atoms with van der Waals surface area (Å²) in [5, 5.41) is 10.5. The number of nitrogens with two attached hydrogens (primary N) is 2. The molecule has 0 spiro atoms. The van der Waals surface area contributed by atoms with Crippen LogP contribution in [0.1, 0.15) is 18.6 Å². The van der Waals surface area contributed by atoms with Crippen molar-refractivity contribution in [3.63, 3.8) is 0 Å². The molecule has 0 aromatic carbocycles. The van der Waals surface area contributed by atoms with E-state index in [4.69, 9.17) is 11.5 Å². The first kappa shape index (κ1) is 12.6. The lowest BCUT2D eigenvalue weighted by Crippen LogP contribution is -1.99. The molecule has 0 aliphatic rings. The first-order valence-corrected chi connectivity index (χ1v) is 6.08. The molecular weight excluding hydrogens is 250 g/mol. The van der Waals surface area contributed by atoms with Crippen molar-refractivity contribution in [2.45, 2.75) is 23.2 Å². The zero-order valence-electron chi connectivity index (χ0n) is 9.74. The van der Waals surface area contributed by atoms with Crippen LogP contribution in [0.5, 0.6) is 0 Å². The number of aliphatic hydroxyl groups is 1. The molecule has 0 saturated carbocycles. The summed E-state index contributed by atoms with van der Waals surface area (Å²) < 4.78 is 0. The molecule has 18 heavy (non-hydrogen) atoms. The van der Waals surface area contributed by atoms with E-state index in [0.29, 0.717) is 21.8 Å². The fourth-order valence-electron chi connectivity index (χ4n) is 1.30. The molecule has 2 heterocycles. The van der Waals surface area contributed by atoms with Gasteiger partial charge in [-0.25, -0.2) is 15.0 Å². The first-order valence-electron chi connectivity index (χ1n) is 5.26. The fourth-order valence-corrected chi connectivity index (χ4v) is 2.03. The van der Waals surface area contributed by atoms with Gasteiger partial charge >= 0.3 is 0 Å². The Balaban J connectivity index is 2.18. The second-order valence-corrected chi connectivity index (χ2v) is 4.70. The van der Waals surface area contributed by atoms with Gasteiger partial charge in [-0.3, -0.25) is 0 Å². The van der Waals surface area contributed by atoms with Crippen LogP contribution in [0.3, 0.4) is 0 Å². The Morgan fingerprint density at radius 1 is 1.22 bits per heavy atom. The third-order valence-electron chi connectivity index (χ3n) is 2.18. The molecule has 2 aromatic heterocycles. The van der Waals surface area contributed by atoms with Crippen LogP contribution in [0.2, 0.25) is 0 Å². The molecule has 0 amide bonds. The van der Waals surface area contributed by atoms with E-state index < -0.39 is 6.10 Å². The van der Waals surface area contributed by atoms with Crippen molar-refractivity contribution >= 4 is 23.4 Å². The smallest absolute Gasteiger partial charge is 0.197 e. The first-order chi connectivity index (χ1) is 8.54. The quantitative estimate of drug-likeness (QED) is 0.714. The number of nitrogen functional groups attached to an aromatic ring is 2. The number of aliphatic hydroxyl groups excluding tert-OH is 1. The van der Waals surface area contributed by atoms with E-state index in [-0.39, 0.29) is 0 Å². The van der Waals surface area contributed by atoms with Gasteiger partial charge in [0.05, 0.1) is 6.10 Å². The molecule has 0 aliphatic carbocycles. The third-order valence-corrected chi connectivity index (χ3v) is 3.00. The van der Waals surface area contributed by atoms with Crippen molar-refractivity contribution in [2.24, 2.45) is 0 Å². The molecule has 1 atom stereocenters. The van der Waals surface area contributed by atoms with Crippen LogP contribution >= 0.6 is 11.8 Å². The van der Waals surface area contributed by atoms with Gasteiger partial charge < -0.3 is 16.6 Å². The summed E-state index contributed by atoms with van der Waals surface area (Å²) in [5.41, 5.74) is 11.9. The summed E-state index contributed by atoms with van der Waals surface area (Å²) in [6.07, 6.45) is 1.08. The minimum atomic E-state index is -0.532. The Bertz CT molecular complexity index is 523. The fraction of sp³-hybridized carbons (Fsp3) is 0.182. The molecule has 2 aromatic rings. The lowest BCUT2D eigenvalue weighted by atomic mass is 10.2. The van der Waals surface area contributed by atoms with Gasteiger partial charge in [0.25, 0.3) is 0 Å². The second kappa shape index (κ2) is 5.19. The topological polar surface area (TPSA) is 111 Å². The third kappa shape index (κ3) is 3.08. The zero-order valence-corrected chi connectivity index (χ0v) is 10.6. The highest BCUT2D eigenvalue weighted by Crippen LogP contribution is 2.24. The van der Waals surface area contributed by atoms with Crippen molar-refractivity contribution in [1.82, 2.24) is 15.0 Å². The number of pyridine rings is 1. The number of nitrogens with zero attached hydrogens (tertiary/aromatic N) is 3. The minimum Gasteiger partial charge on any atom is -0.389 e. The molecular formula is C11H13N5OS. The molecule has 0 bridgehead atoms. The Morgan fingerprint density at radius 3 is 2.39 bits per heavy atom. The number of hydrogen-bond donors (Lipinski definition) is 3. The van der Waals surface area contributed by atoms with Crippen molar-refractivity contribution in [3.8, 4) is 0 Å². The molecule has 2 rings (SSSR count). The monoisotopic (exact) mass is 263 g/mol. The lowest BCUT2D eigenvalue weighted by Gasteiger charge is -2.05. The highest BCUT2D eigenvalue weighted by Gasteiger charge is 2.06. The molecule has 5 N–H and O–H groups in total. The van der Waals surface area contributed by atoms with Gasteiger partial charge in [-0.15, -0.1) is 0 Å². The summed E-state index contributed by atoms with van der Waals surface area (Å²) in [7, 11) is 0. The molecule has 7 heteroatoms. The van der Waals surface area contributed by atoms with Crippen molar-refractivity contribution in [3.05, 3.63) is 30.0 Å². The summed E-state index contributed by atoms with van der Waals surface area (Å²) in [6.45, 7) is 1.69. The average Bonchev–Trinajstić information content (AvgIpc) is 2.28. The van der Waals surface area contributed by atoms with Crippen LogP contribution in [-0.4, -0.2) is 20.1 Å². The molecule has 0 aliphatic heterocycles. The number of hydrogen-bond acceptors (Lipinski definition) is 7. The maximum absolute atomic E-state index is 9.37. The number of aromatic nitrogens is 3. The lowest BCUT2D eigenvalue weighted by molar-refractivity contribution is 0.198. The van der Waals surface area contributed by atoms with Crippen LogP contribution in [0, 0.1) is 0 Å². The molecule has 0 fully saturated rings. The summed E-state index contributed by atoms with van der Waals surface area (Å²) in [4.78, 5) is 12.3. The van der Waals surface area contributed by atoms with Gasteiger partial charge in [0.1, 0.15) is 16.7 Å². The van der Waals surface area contributed by atoms with Crippen LogP contribution in [-0.2, 0) is 0 Å². The van der Waals surface area contributed by atoms with E-state index in [0.717, 1.165) is 5.56 Å². The molecule has 94 valence electrons. The van der Waals surface area contributed by atoms with Gasteiger partial charge in [0.15, 0.2) is 5.16 Å². The maximum Gasteiger partial charge on any atom is 0.197 e. The summed E-state index contributed by atoms with van der Waals surface area (Å²) >= 11 is 1.26. The van der Waals surface area contributed by atoms with E-state index in [1.165, 1.54) is 17.8 Å². The Hall–Kier alpha value is -1.86. The predicted octanol–water partition coefficient (Wildman–Crippen LogP) is 1.24. The van der Waals surface area contributed by atoms with Crippen LogP contribution in [0.4, 0.5) is 11.6 Å². The van der Waals surface area contributed by atoms with Crippen molar-refractivity contribution in [1.29, 1.82) is 0 Å². The Labute approximate surface area is 108 Å². The van der Waals surface area contributed by atoms with E-state index in [2.05, 4.69) is 15.0 Å². The van der Waals surface area contributed by atoms with Crippen LogP contribution in [0.15, 0.2) is 34.6 Å². The van der Waals surface area contributed by atoms with Gasteiger partial charge in [-0.2, -0.15) is 0 Å². The molecule has 6 nitrogen and oxygen atoms in total. The standard InChI is InChI=1S/C11H13N5OS/c1-6(17)7-2-3-10(14-5-7)18-11-15-8(12)4-9(13)16-11/h2-6,17H,1H3,(H4,12,13,15,16)/t6-/m0/s1. The zero-order chi connectivity index (χ0) is 13.1. The highest BCUT2D eigenvalue weighted by atomic mass is 32.2. The van der Waals surface area contributed by atoms with Gasteiger partial charge in [0.2, 0.25) is 0 Å². The van der Waals surface area contributed by atoms with E-state index in [9.17, 15) is 5.11 Å². The van der Waals surface area contributed by atoms with Crippen LogP contribution < -0.4 is 11.5 Å². The van der Waals surface area contributed by atoms with Crippen LogP contribution in [0.25, 0.3) is 0 Å². The number of rotatable bonds is 3. The Kier molecular flexibility index (Phi) is 3.63. The Morgan fingerprint density at radius 2 is 1.89 bits per heavy atom.